The highest BCUT2D eigenvalue weighted by Crippen LogP contribution is 2.22. The van der Waals surface area contributed by atoms with E-state index in [0.29, 0.717) is 17.1 Å². The molecule has 0 heterocycles. The fourth-order valence-corrected chi connectivity index (χ4v) is 1.62. The van der Waals surface area contributed by atoms with Crippen LogP contribution in [0.3, 0.4) is 0 Å². The van der Waals surface area contributed by atoms with E-state index in [1.807, 2.05) is 0 Å². The third kappa shape index (κ3) is 3.20. The summed E-state index contributed by atoms with van der Waals surface area (Å²) < 4.78 is 0. The van der Waals surface area contributed by atoms with Crippen molar-refractivity contribution in [3.05, 3.63) is 0 Å². The number of hydrogen-bond donors (Lipinski definition) is 2. The molecule has 0 nitrogen and oxygen atoms in total. The summed E-state index contributed by atoms with van der Waals surface area (Å²) in [6.45, 7) is 6.66. The molecular weight excluding hydrogens is 160 g/mol. The summed E-state index contributed by atoms with van der Waals surface area (Å²) in [7, 11) is 0. The van der Waals surface area contributed by atoms with Gasteiger partial charge in [-0.2, -0.15) is 25.3 Å². The fourth-order valence-electron chi connectivity index (χ4n) is 0.910. The quantitative estimate of drug-likeness (QED) is 0.608. The Balaban J connectivity index is 3.69. The van der Waals surface area contributed by atoms with Gasteiger partial charge in [-0.05, 0) is 17.6 Å². The third-order valence-corrected chi connectivity index (χ3v) is 3.69. The largest absolute Gasteiger partial charge is 0.179 e. The Labute approximate surface area is 75.6 Å². The van der Waals surface area contributed by atoms with Crippen LogP contribution in [0.1, 0.15) is 27.2 Å². The molecule has 10 heavy (non-hydrogen) atoms. The van der Waals surface area contributed by atoms with Crippen LogP contribution in [0.15, 0.2) is 0 Å². The van der Waals surface area contributed by atoms with Crippen LogP contribution < -0.4 is 0 Å². The van der Waals surface area contributed by atoms with Gasteiger partial charge < -0.3 is 0 Å². The van der Waals surface area contributed by atoms with Crippen molar-refractivity contribution >= 4 is 25.3 Å². The van der Waals surface area contributed by atoms with Gasteiger partial charge in [0.1, 0.15) is 0 Å². The second-order valence-corrected chi connectivity index (χ2v) is 4.00. The van der Waals surface area contributed by atoms with E-state index in [4.69, 9.17) is 0 Å². The minimum Gasteiger partial charge on any atom is -0.179 e. The number of thiol groups is 2. The van der Waals surface area contributed by atoms with Gasteiger partial charge in [0.15, 0.2) is 0 Å². The lowest BCUT2D eigenvalue weighted by Gasteiger charge is -2.22. The molecule has 0 fully saturated rings. The van der Waals surface area contributed by atoms with E-state index in [-0.39, 0.29) is 0 Å². The predicted octanol–water partition coefficient (Wildman–Crippen LogP) is 2.90. The van der Waals surface area contributed by atoms with E-state index < -0.39 is 0 Å². The van der Waals surface area contributed by atoms with Gasteiger partial charge in [0.25, 0.3) is 0 Å². The lowest BCUT2D eigenvalue weighted by molar-refractivity contribution is 0.453. The molecule has 62 valence electrons. The van der Waals surface area contributed by atoms with Gasteiger partial charge >= 0.3 is 0 Å². The highest BCUT2D eigenvalue weighted by atomic mass is 32.1. The van der Waals surface area contributed by atoms with Crippen molar-refractivity contribution in [2.45, 2.75) is 32.4 Å². The molecule has 0 aromatic carbocycles. The Morgan fingerprint density at radius 2 is 1.70 bits per heavy atom. The maximum Gasteiger partial charge on any atom is 0.00757 e. The summed E-state index contributed by atoms with van der Waals surface area (Å²) in [6.07, 6.45) is 1.21. The molecule has 0 aliphatic heterocycles. The van der Waals surface area contributed by atoms with Crippen molar-refractivity contribution in [2.75, 3.05) is 5.75 Å². The normalized spacial score (nSPS) is 20.1. The van der Waals surface area contributed by atoms with Gasteiger partial charge in [0.2, 0.25) is 0 Å². The van der Waals surface area contributed by atoms with E-state index >= 15 is 0 Å². The maximum absolute atomic E-state index is 4.53. The van der Waals surface area contributed by atoms with Crippen molar-refractivity contribution in [2.24, 2.45) is 11.8 Å². The first-order valence-corrected chi connectivity index (χ1v) is 5.07. The van der Waals surface area contributed by atoms with Gasteiger partial charge in [-0.1, -0.05) is 27.2 Å². The van der Waals surface area contributed by atoms with Gasteiger partial charge in [-0.25, -0.2) is 0 Å². The molecule has 0 spiro atoms. The van der Waals surface area contributed by atoms with E-state index in [9.17, 15) is 0 Å². The summed E-state index contributed by atoms with van der Waals surface area (Å²) in [5, 5.41) is 0.516. The van der Waals surface area contributed by atoms with Crippen molar-refractivity contribution in [1.82, 2.24) is 0 Å². The molecule has 0 radical (unpaired) electrons. The van der Waals surface area contributed by atoms with Gasteiger partial charge in [0, 0.05) is 5.25 Å². The molecule has 0 saturated carbocycles. The summed E-state index contributed by atoms with van der Waals surface area (Å²) in [4.78, 5) is 0. The van der Waals surface area contributed by atoms with E-state index in [2.05, 4.69) is 46.0 Å². The molecule has 0 aromatic rings. The number of hydrogen-bond acceptors (Lipinski definition) is 2. The Morgan fingerprint density at radius 1 is 1.20 bits per heavy atom. The molecule has 2 heteroatoms. The predicted molar refractivity (Wildman–Crippen MR) is 55.2 cm³/mol. The van der Waals surface area contributed by atoms with E-state index in [1.54, 1.807) is 0 Å². The summed E-state index contributed by atoms with van der Waals surface area (Å²) in [5.74, 6) is 2.28. The van der Waals surface area contributed by atoms with Crippen LogP contribution in [0.5, 0.6) is 0 Å². The minimum atomic E-state index is 0.516. The van der Waals surface area contributed by atoms with Crippen molar-refractivity contribution in [1.29, 1.82) is 0 Å². The van der Waals surface area contributed by atoms with Crippen LogP contribution >= 0.6 is 25.3 Å². The standard InChI is InChI=1S/C8H18S2/c1-4-6(2)8(10)7(3)5-9/h6-10H,4-5H2,1-3H3. The highest BCUT2D eigenvalue weighted by molar-refractivity contribution is 7.81. The molecule has 0 rings (SSSR count). The topological polar surface area (TPSA) is 0 Å². The van der Waals surface area contributed by atoms with Crippen molar-refractivity contribution < 1.29 is 0 Å². The molecule has 0 saturated heterocycles. The molecule has 0 amide bonds. The van der Waals surface area contributed by atoms with Crippen LogP contribution in [0.25, 0.3) is 0 Å². The number of rotatable bonds is 4. The smallest absolute Gasteiger partial charge is 0.00757 e. The maximum atomic E-state index is 4.53. The minimum absolute atomic E-state index is 0.516. The van der Waals surface area contributed by atoms with Crippen molar-refractivity contribution in [3.8, 4) is 0 Å². The first-order valence-electron chi connectivity index (χ1n) is 3.92. The average Bonchev–Trinajstić information content (AvgIpc) is 2.00. The zero-order valence-electron chi connectivity index (χ0n) is 7.04. The summed E-state index contributed by atoms with van der Waals surface area (Å²) in [6, 6.07) is 0. The van der Waals surface area contributed by atoms with E-state index in [0.717, 1.165) is 5.75 Å². The Bertz CT molecular complexity index is 73.3. The molecular formula is C8H18S2. The Morgan fingerprint density at radius 3 is 2.00 bits per heavy atom. The first kappa shape index (κ1) is 10.7. The third-order valence-electron chi connectivity index (χ3n) is 2.10. The molecule has 0 bridgehead atoms. The Hall–Kier alpha value is 0.700. The summed E-state index contributed by atoms with van der Waals surface area (Å²) >= 11 is 8.77. The SMILES string of the molecule is CCC(C)C(S)C(C)CS. The second kappa shape index (κ2) is 5.36. The first-order chi connectivity index (χ1) is 4.63. The van der Waals surface area contributed by atoms with Crippen LogP contribution in [-0.2, 0) is 0 Å². The molecule has 0 aromatic heterocycles. The van der Waals surface area contributed by atoms with Gasteiger partial charge in [0.05, 0.1) is 0 Å². The molecule has 0 N–H and O–H groups in total. The molecule has 0 aliphatic carbocycles. The molecule has 0 aliphatic rings. The zero-order chi connectivity index (χ0) is 8.15. The second-order valence-electron chi connectivity index (χ2n) is 3.04. The average molecular weight is 178 g/mol. The monoisotopic (exact) mass is 178 g/mol. The van der Waals surface area contributed by atoms with Crippen LogP contribution in [0.2, 0.25) is 0 Å². The van der Waals surface area contributed by atoms with Crippen LogP contribution in [0.4, 0.5) is 0 Å². The highest BCUT2D eigenvalue weighted by Gasteiger charge is 2.16. The fraction of sp³-hybridized carbons (Fsp3) is 1.00. The van der Waals surface area contributed by atoms with Crippen molar-refractivity contribution in [3.63, 3.8) is 0 Å². The zero-order valence-corrected chi connectivity index (χ0v) is 8.83. The lowest BCUT2D eigenvalue weighted by Crippen LogP contribution is -2.20. The molecule has 3 unspecified atom stereocenters. The van der Waals surface area contributed by atoms with Gasteiger partial charge in [-0.15, -0.1) is 0 Å². The summed E-state index contributed by atoms with van der Waals surface area (Å²) in [5.41, 5.74) is 0. The molecule has 3 atom stereocenters. The lowest BCUT2D eigenvalue weighted by atomic mass is 9.96. The van der Waals surface area contributed by atoms with Crippen LogP contribution in [-0.4, -0.2) is 11.0 Å². The van der Waals surface area contributed by atoms with Gasteiger partial charge in [-0.3, -0.25) is 0 Å². The van der Waals surface area contributed by atoms with Crippen LogP contribution in [0, 0.1) is 11.8 Å². The Kier molecular flexibility index (Phi) is 5.74. The van der Waals surface area contributed by atoms with E-state index in [1.165, 1.54) is 6.42 Å².